The molecule has 0 aromatic heterocycles. The molecule has 0 fully saturated rings. The van der Waals surface area contributed by atoms with Gasteiger partial charge in [-0.25, -0.2) is 0 Å². The first-order valence-corrected chi connectivity index (χ1v) is 7.84. The summed E-state index contributed by atoms with van der Waals surface area (Å²) >= 11 is 3.58. The van der Waals surface area contributed by atoms with Crippen LogP contribution in [0.1, 0.15) is 11.5 Å². The van der Waals surface area contributed by atoms with Gasteiger partial charge >= 0.3 is 0 Å². The van der Waals surface area contributed by atoms with Crippen molar-refractivity contribution in [3.05, 3.63) is 60.2 Å². The van der Waals surface area contributed by atoms with E-state index in [1.54, 1.807) is 0 Å². The molecule has 3 heteroatoms. The van der Waals surface area contributed by atoms with Gasteiger partial charge in [0.2, 0.25) is 0 Å². The van der Waals surface area contributed by atoms with Crippen LogP contribution in [0.4, 0.5) is 5.69 Å². The number of hydrogen-bond acceptors (Lipinski definition) is 2. The molecule has 0 heterocycles. The summed E-state index contributed by atoms with van der Waals surface area (Å²) in [5.41, 5.74) is 2.45. The number of halogens is 1. The highest BCUT2D eigenvalue weighted by molar-refractivity contribution is 9.09. The lowest BCUT2D eigenvalue weighted by Gasteiger charge is -2.17. The third kappa shape index (κ3) is 4.01. The highest BCUT2D eigenvalue weighted by Crippen LogP contribution is 2.23. The zero-order valence-electron chi connectivity index (χ0n) is 11.9. The minimum absolute atomic E-state index is 0.360. The van der Waals surface area contributed by atoms with Crippen LogP contribution in [0.3, 0.4) is 0 Å². The van der Waals surface area contributed by atoms with Crippen LogP contribution in [-0.4, -0.2) is 26.0 Å². The number of hydrogen-bond donors (Lipinski definition) is 0. The molecule has 0 aliphatic carbocycles. The zero-order valence-corrected chi connectivity index (χ0v) is 13.5. The molecular weight excluding hydrogens is 314 g/mol. The van der Waals surface area contributed by atoms with Gasteiger partial charge in [-0.15, -0.1) is 0 Å². The van der Waals surface area contributed by atoms with E-state index in [0.29, 0.717) is 12.5 Å². The third-order valence-electron chi connectivity index (χ3n) is 3.24. The molecule has 1 atom stereocenters. The van der Waals surface area contributed by atoms with Crippen molar-refractivity contribution in [2.24, 2.45) is 0 Å². The Balaban J connectivity index is 2.02. The Kier molecular flexibility index (Phi) is 5.48. The van der Waals surface area contributed by atoms with Crippen LogP contribution in [0.25, 0.3) is 0 Å². The van der Waals surface area contributed by atoms with E-state index in [1.807, 2.05) is 32.3 Å². The Hall–Kier alpha value is -1.48. The summed E-state index contributed by atoms with van der Waals surface area (Å²) in [6, 6.07) is 18.6. The number of alkyl halides is 1. The summed E-state index contributed by atoms with van der Waals surface area (Å²) < 4.78 is 5.95. The van der Waals surface area contributed by atoms with Gasteiger partial charge in [-0.3, -0.25) is 0 Å². The van der Waals surface area contributed by atoms with Crippen LogP contribution in [0.15, 0.2) is 54.6 Å². The van der Waals surface area contributed by atoms with Gasteiger partial charge in [-0.05, 0) is 17.7 Å². The Morgan fingerprint density at radius 2 is 1.80 bits per heavy atom. The average Bonchev–Trinajstić information content (AvgIpc) is 2.49. The van der Waals surface area contributed by atoms with Crippen LogP contribution < -0.4 is 9.64 Å². The van der Waals surface area contributed by atoms with Gasteiger partial charge in [0.25, 0.3) is 0 Å². The summed E-state index contributed by atoms with van der Waals surface area (Å²) in [4.78, 5) is 2.08. The molecule has 106 valence electrons. The molecule has 2 aromatic carbocycles. The minimum Gasteiger partial charge on any atom is -0.493 e. The number of ether oxygens (including phenoxy) is 1. The Bertz CT molecular complexity index is 528. The first kappa shape index (κ1) is 14.9. The average molecular weight is 334 g/mol. The van der Waals surface area contributed by atoms with Gasteiger partial charge in [0.05, 0.1) is 6.61 Å². The largest absolute Gasteiger partial charge is 0.493 e. The molecule has 0 saturated carbocycles. The molecule has 2 rings (SSSR count). The van der Waals surface area contributed by atoms with Gasteiger partial charge in [0, 0.05) is 37.1 Å². The maximum atomic E-state index is 5.95. The highest BCUT2D eigenvalue weighted by atomic mass is 79.9. The molecular formula is C17H20BrNO. The van der Waals surface area contributed by atoms with Gasteiger partial charge in [-0.1, -0.05) is 52.3 Å². The zero-order chi connectivity index (χ0) is 14.4. The second-order valence-electron chi connectivity index (χ2n) is 4.96. The molecule has 2 nitrogen and oxygen atoms in total. The summed E-state index contributed by atoms with van der Waals surface area (Å²) in [7, 11) is 4.06. The van der Waals surface area contributed by atoms with Gasteiger partial charge < -0.3 is 9.64 Å². The molecule has 0 saturated heterocycles. The molecule has 1 unspecified atom stereocenters. The molecule has 0 aliphatic heterocycles. The van der Waals surface area contributed by atoms with Gasteiger partial charge in [0.15, 0.2) is 0 Å². The van der Waals surface area contributed by atoms with Crippen LogP contribution in [0.5, 0.6) is 5.75 Å². The van der Waals surface area contributed by atoms with E-state index >= 15 is 0 Å². The van der Waals surface area contributed by atoms with E-state index in [0.717, 1.165) is 16.8 Å². The smallest absolute Gasteiger partial charge is 0.121 e. The molecule has 0 N–H and O–H groups in total. The normalized spacial score (nSPS) is 11.9. The second-order valence-corrected chi connectivity index (χ2v) is 5.61. The quantitative estimate of drug-likeness (QED) is 0.730. The monoisotopic (exact) mass is 333 g/mol. The molecule has 0 spiro atoms. The fraction of sp³-hybridized carbons (Fsp3) is 0.294. The molecule has 0 amide bonds. The second kappa shape index (κ2) is 7.34. The lowest BCUT2D eigenvalue weighted by atomic mass is 10.0. The van der Waals surface area contributed by atoms with Crippen LogP contribution in [0, 0.1) is 0 Å². The minimum atomic E-state index is 0.360. The maximum Gasteiger partial charge on any atom is 0.121 e. The SMILES string of the molecule is CN(C)c1cccc(OCC(CBr)c2ccccc2)c1. The first-order valence-electron chi connectivity index (χ1n) is 6.72. The standard InChI is InChI=1S/C17H20BrNO/c1-19(2)16-9-6-10-17(11-16)20-13-15(12-18)14-7-4-3-5-8-14/h3-11,15H,12-13H2,1-2H3. The van der Waals surface area contributed by atoms with Crippen LogP contribution in [-0.2, 0) is 0 Å². The van der Waals surface area contributed by atoms with E-state index in [-0.39, 0.29) is 0 Å². The number of benzene rings is 2. The summed E-state index contributed by atoms with van der Waals surface area (Å²) in [6.07, 6.45) is 0. The topological polar surface area (TPSA) is 12.5 Å². The maximum absolute atomic E-state index is 5.95. The Labute approximate surface area is 129 Å². The van der Waals surface area contributed by atoms with E-state index in [2.05, 4.69) is 57.2 Å². The van der Waals surface area contributed by atoms with Crippen LogP contribution in [0.2, 0.25) is 0 Å². The van der Waals surface area contributed by atoms with E-state index in [4.69, 9.17) is 4.74 Å². The predicted molar refractivity (Wildman–Crippen MR) is 89.2 cm³/mol. The van der Waals surface area contributed by atoms with Crippen LogP contribution >= 0.6 is 15.9 Å². The summed E-state index contributed by atoms with van der Waals surface area (Å²) in [5, 5.41) is 0.893. The molecule has 0 radical (unpaired) electrons. The first-order chi connectivity index (χ1) is 9.70. The van der Waals surface area contributed by atoms with Crippen molar-refractivity contribution in [3.8, 4) is 5.75 Å². The third-order valence-corrected chi connectivity index (χ3v) is 4.02. The fourth-order valence-electron chi connectivity index (χ4n) is 2.00. The van der Waals surface area contributed by atoms with Gasteiger partial charge in [-0.2, -0.15) is 0 Å². The molecule has 0 aliphatic rings. The van der Waals surface area contributed by atoms with Crippen molar-refractivity contribution >= 4 is 21.6 Å². The molecule has 20 heavy (non-hydrogen) atoms. The summed E-state index contributed by atoms with van der Waals surface area (Å²) in [6.45, 7) is 0.673. The summed E-state index contributed by atoms with van der Waals surface area (Å²) in [5.74, 6) is 1.28. The van der Waals surface area contributed by atoms with Crippen molar-refractivity contribution in [2.75, 3.05) is 30.9 Å². The van der Waals surface area contributed by atoms with Crippen molar-refractivity contribution in [1.82, 2.24) is 0 Å². The molecule has 2 aromatic rings. The highest BCUT2D eigenvalue weighted by Gasteiger charge is 2.11. The van der Waals surface area contributed by atoms with Crippen molar-refractivity contribution in [3.63, 3.8) is 0 Å². The molecule has 0 bridgehead atoms. The van der Waals surface area contributed by atoms with Gasteiger partial charge in [0.1, 0.15) is 5.75 Å². The number of anilines is 1. The lowest BCUT2D eigenvalue weighted by molar-refractivity contribution is 0.298. The Morgan fingerprint density at radius 3 is 2.45 bits per heavy atom. The number of nitrogens with zero attached hydrogens (tertiary/aromatic N) is 1. The predicted octanol–water partition coefficient (Wildman–Crippen LogP) is 4.31. The van der Waals surface area contributed by atoms with Crippen molar-refractivity contribution < 1.29 is 4.74 Å². The Morgan fingerprint density at radius 1 is 1.05 bits per heavy atom. The van der Waals surface area contributed by atoms with Crippen molar-refractivity contribution in [1.29, 1.82) is 0 Å². The number of rotatable bonds is 6. The lowest BCUT2D eigenvalue weighted by Crippen LogP contribution is -2.12. The van der Waals surface area contributed by atoms with E-state index in [1.165, 1.54) is 5.56 Å². The van der Waals surface area contributed by atoms with Crippen molar-refractivity contribution in [2.45, 2.75) is 5.92 Å². The van der Waals surface area contributed by atoms with E-state index < -0.39 is 0 Å². The van der Waals surface area contributed by atoms with E-state index in [9.17, 15) is 0 Å². The fourth-order valence-corrected chi connectivity index (χ4v) is 2.56.